The van der Waals surface area contributed by atoms with Crippen molar-refractivity contribution < 1.29 is 23.4 Å². The molecule has 0 spiro atoms. The Kier molecular flexibility index (Phi) is 9.48. The third-order valence-corrected chi connectivity index (χ3v) is 8.06. The summed E-state index contributed by atoms with van der Waals surface area (Å²) < 4.78 is 38.3. The lowest BCUT2D eigenvalue weighted by atomic mass is 9.98. The van der Waals surface area contributed by atoms with Gasteiger partial charge >= 0.3 is 11.8 Å². The average Bonchev–Trinajstić information content (AvgIpc) is 2.99. The lowest BCUT2D eigenvalue weighted by Crippen LogP contribution is -2.55. The molecule has 4 aromatic rings. The molecule has 0 aliphatic carbocycles. The second-order valence-electron chi connectivity index (χ2n) is 13.1. The Morgan fingerprint density at radius 1 is 1.13 bits per heavy atom. The number of piperazine rings is 1. The van der Waals surface area contributed by atoms with E-state index in [0.29, 0.717) is 17.7 Å². The number of H-pyrrole nitrogens is 1. The van der Waals surface area contributed by atoms with Crippen LogP contribution in [0.2, 0.25) is 0 Å². The number of hydrogen-bond acceptors (Lipinski definition) is 8. The fourth-order valence-corrected chi connectivity index (χ4v) is 5.94. The van der Waals surface area contributed by atoms with Crippen LogP contribution in [0.4, 0.5) is 19.4 Å². The minimum atomic E-state index is -0.854. The van der Waals surface area contributed by atoms with Crippen LogP contribution < -0.4 is 16.0 Å². The molecule has 1 aliphatic rings. The minimum Gasteiger partial charge on any atom is -0.444 e. The molecule has 2 N–H and O–H groups in total. The molecule has 1 aliphatic heterocycles. The van der Waals surface area contributed by atoms with Gasteiger partial charge in [-0.2, -0.15) is 4.98 Å². The van der Waals surface area contributed by atoms with Gasteiger partial charge in [-0.15, -0.1) is 0 Å². The average molecular weight is 651 g/mol. The first-order chi connectivity index (χ1) is 22.2. The summed E-state index contributed by atoms with van der Waals surface area (Å²) in [6.07, 6.45) is 1.58. The van der Waals surface area contributed by atoms with E-state index >= 15 is 8.78 Å². The number of aliphatic hydroxyl groups excluding tert-OH is 1. The zero-order chi connectivity index (χ0) is 34.2. The van der Waals surface area contributed by atoms with Crippen LogP contribution in [-0.2, 0) is 11.2 Å². The number of aromatic amines is 1. The predicted molar refractivity (Wildman–Crippen MR) is 175 cm³/mol. The van der Waals surface area contributed by atoms with E-state index in [-0.39, 0.29) is 78.4 Å². The second-order valence-corrected chi connectivity index (χ2v) is 13.1. The number of halogens is 2. The van der Waals surface area contributed by atoms with Crippen LogP contribution in [0, 0.1) is 11.6 Å². The number of hydrogen-bond donors (Lipinski definition) is 2. The first-order valence-corrected chi connectivity index (χ1v) is 15.7. The van der Waals surface area contributed by atoms with Gasteiger partial charge in [-0.1, -0.05) is 26.0 Å². The summed E-state index contributed by atoms with van der Waals surface area (Å²) in [4.78, 5) is 55.6. The van der Waals surface area contributed by atoms with E-state index in [4.69, 9.17) is 4.74 Å². The third-order valence-electron chi connectivity index (χ3n) is 8.06. The van der Waals surface area contributed by atoms with E-state index < -0.39 is 34.4 Å². The van der Waals surface area contributed by atoms with Gasteiger partial charge in [0.25, 0.3) is 0 Å². The third kappa shape index (κ3) is 6.76. The molecule has 1 atom stereocenters. The number of aliphatic hydroxyl groups is 1. The molecule has 4 heterocycles. The molecule has 250 valence electrons. The molecule has 0 radical (unpaired) electrons. The number of fused-ring (bicyclic) bond motifs is 1. The number of amides is 1. The topological polar surface area (TPSA) is 134 Å². The number of aromatic nitrogens is 4. The highest BCUT2D eigenvalue weighted by atomic mass is 19.1. The zero-order valence-electron chi connectivity index (χ0n) is 27.4. The second kappa shape index (κ2) is 13.2. The molecular weight excluding hydrogens is 610 g/mol. The number of rotatable bonds is 7. The number of pyridine rings is 2. The highest BCUT2D eigenvalue weighted by Gasteiger charge is 2.33. The maximum absolute atomic E-state index is 16.2. The fraction of sp³-hybridized carbons (Fsp3) is 0.441. The number of nitrogens with one attached hydrogen (secondary N) is 1. The first-order valence-electron chi connectivity index (χ1n) is 15.7. The van der Waals surface area contributed by atoms with Gasteiger partial charge in [0.05, 0.1) is 5.39 Å². The van der Waals surface area contributed by atoms with Crippen molar-refractivity contribution in [3.05, 3.63) is 80.1 Å². The van der Waals surface area contributed by atoms with Crippen molar-refractivity contribution in [3.63, 3.8) is 0 Å². The number of nitrogens with zero attached hydrogens (tertiary/aromatic N) is 5. The molecule has 3 aromatic heterocycles. The summed E-state index contributed by atoms with van der Waals surface area (Å²) in [5, 5.41) is 9.56. The molecular formula is C34H40F2N6O5. The van der Waals surface area contributed by atoms with Gasteiger partial charge < -0.3 is 24.6 Å². The van der Waals surface area contributed by atoms with E-state index in [1.807, 2.05) is 20.8 Å². The molecule has 1 saturated heterocycles. The zero-order valence-corrected chi connectivity index (χ0v) is 27.4. The lowest BCUT2D eigenvalue weighted by molar-refractivity contribution is 0.0218. The van der Waals surface area contributed by atoms with Crippen LogP contribution in [0.1, 0.15) is 65.1 Å². The van der Waals surface area contributed by atoms with Crippen molar-refractivity contribution in [2.75, 3.05) is 31.1 Å². The summed E-state index contributed by atoms with van der Waals surface area (Å²) in [7, 11) is 0. The van der Waals surface area contributed by atoms with E-state index in [2.05, 4.69) is 15.0 Å². The first kappa shape index (κ1) is 33.7. The van der Waals surface area contributed by atoms with Gasteiger partial charge in [0, 0.05) is 55.8 Å². The van der Waals surface area contributed by atoms with E-state index in [1.54, 1.807) is 36.6 Å². The van der Waals surface area contributed by atoms with Crippen molar-refractivity contribution in [2.24, 2.45) is 0 Å². The summed E-state index contributed by atoms with van der Waals surface area (Å²) in [6, 6.07) is 6.40. The van der Waals surface area contributed by atoms with Crippen LogP contribution in [0.15, 0.2) is 46.1 Å². The van der Waals surface area contributed by atoms with Gasteiger partial charge in [-0.3, -0.25) is 4.79 Å². The number of carbonyl (C=O) groups excluding carboxylic acids is 1. The van der Waals surface area contributed by atoms with Gasteiger partial charge in [0.2, 0.25) is 5.43 Å². The standard InChI is InChI=1S/C34H40F2N6O5/c1-19(2)27-29(25(44)12-13-37-27)42-31-22(17-24(36)28(38-31)26-21(10-8-16-43)9-7-11-23(26)35)30(39-32(42)45)41-15-14-40(18-20(41)3)33(46)47-34(4,5)6/h7,9,11-13,17,19-20,43H,8,10,14-16,18H2,1-6H3,(H,37,44). The molecule has 11 nitrogen and oxygen atoms in total. The Morgan fingerprint density at radius 2 is 1.87 bits per heavy atom. The number of carbonyl (C=O) groups is 1. The number of anilines is 1. The number of benzene rings is 1. The SMILES string of the molecule is CC(C)c1[nH]ccc(=O)c1-n1c(=O)nc(N2CCN(C(=O)OC(C)(C)C)CC2C)c2cc(F)c(-c3c(F)cccc3CCCO)nc21. The Balaban J connectivity index is 1.75. The van der Waals surface area contributed by atoms with Crippen molar-refractivity contribution in [2.45, 2.75) is 71.9 Å². The van der Waals surface area contributed by atoms with Crippen molar-refractivity contribution in [1.82, 2.24) is 24.4 Å². The monoisotopic (exact) mass is 650 g/mol. The minimum absolute atomic E-state index is 0.0153. The van der Waals surface area contributed by atoms with Crippen molar-refractivity contribution >= 4 is 22.9 Å². The molecule has 1 amide bonds. The number of ether oxygens (including phenoxy) is 1. The molecule has 47 heavy (non-hydrogen) atoms. The molecule has 5 rings (SSSR count). The van der Waals surface area contributed by atoms with E-state index in [1.165, 1.54) is 24.4 Å². The quantitative estimate of drug-likeness (QED) is 0.288. The molecule has 1 unspecified atom stereocenters. The van der Waals surface area contributed by atoms with Gasteiger partial charge in [-0.25, -0.2) is 27.9 Å². The van der Waals surface area contributed by atoms with E-state index in [9.17, 15) is 19.5 Å². The molecule has 1 aromatic carbocycles. The Hall–Kier alpha value is -4.65. The largest absolute Gasteiger partial charge is 0.444 e. The summed E-state index contributed by atoms with van der Waals surface area (Å²) in [5.41, 5.74) is -1.64. The fourth-order valence-electron chi connectivity index (χ4n) is 5.94. The summed E-state index contributed by atoms with van der Waals surface area (Å²) >= 11 is 0. The van der Waals surface area contributed by atoms with Crippen LogP contribution >= 0.6 is 0 Å². The summed E-state index contributed by atoms with van der Waals surface area (Å²) in [6.45, 7) is 11.5. The summed E-state index contributed by atoms with van der Waals surface area (Å²) in [5.74, 6) is -1.67. The van der Waals surface area contributed by atoms with Crippen LogP contribution in [0.3, 0.4) is 0 Å². The smallest absolute Gasteiger partial charge is 0.410 e. The normalized spacial score (nSPS) is 15.5. The molecule has 1 fully saturated rings. The van der Waals surface area contributed by atoms with Crippen LogP contribution in [-0.4, -0.2) is 73.5 Å². The lowest BCUT2D eigenvalue weighted by Gasteiger charge is -2.41. The van der Waals surface area contributed by atoms with Gasteiger partial charge in [0.15, 0.2) is 5.65 Å². The van der Waals surface area contributed by atoms with Crippen molar-refractivity contribution in [1.29, 1.82) is 0 Å². The van der Waals surface area contributed by atoms with Crippen LogP contribution in [0.5, 0.6) is 0 Å². The van der Waals surface area contributed by atoms with Gasteiger partial charge in [-0.05, 0) is 64.2 Å². The molecule has 0 bridgehead atoms. The highest BCUT2D eigenvalue weighted by molar-refractivity contribution is 5.90. The Labute approximate surface area is 270 Å². The van der Waals surface area contributed by atoms with Gasteiger partial charge in [0.1, 0.15) is 34.4 Å². The van der Waals surface area contributed by atoms with Crippen LogP contribution in [0.25, 0.3) is 28.0 Å². The Morgan fingerprint density at radius 3 is 2.53 bits per heavy atom. The predicted octanol–water partition coefficient (Wildman–Crippen LogP) is 4.91. The Bertz CT molecular complexity index is 1930. The maximum Gasteiger partial charge on any atom is 0.410 e. The highest BCUT2D eigenvalue weighted by Crippen LogP contribution is 2.34. The molecule has 0 saturated carbocycles. The number of aryl methyl sites for hydroxylation is 1. The molecule has 13 heteroatoms. The van der Waals surface area contributed by atoms with Crippen molar-refractivity contribution in [3.8, 4) is 16.9 Å². The van der Waals surface area contributed by atoms with E-state index in [0.717, 1.165) is 10.6 Å². The maximum atomic E-state index is 16.2.